The lowest BCUT2D eigenvalue weighted by atomic mass is 9.82. The molecule has 0 spiro atoms. The molecule has 1 aliphatic heterocycles. The molecule has 0 saturated heterocycles. The molecular weight excluding hydrogens is 379 g/mol. The van der Waals surface area contributed by atoms with E-state index in [4.69, 9.17) is 4.74 Å². The molecule has 3 atom stereocenters. The Balaban J connectivity index is 1.86. The largest absolute Gasteiger partial charge is 0.482 e. The van der Waals surface area contributed by atoms with E-state index in [0.717, 1.165) is 17.0 Å². The lowest BCUT2D eigenvalue weighted by Crippen LogP contribution is -2.57. The van der Waals surface area contributed by atoms with Crippen molar-refractivity contribution in [3.63, 3.8) is 0 Å². The van der Waals surface area contributed by atoms with E-state index in [1.165, 1.54) is 12.1 Å². The molecule has 156 valence electrons. The van der Waals surface area contributed by atoms with E-state index in [1.807, 2.05) is 67.6 Å². The van der Waals surface area contributed by atoms with Gasteiger partial charge in [0.1, 0.15) is 17.7 Å². The number of fused-ring (bicyclic) bond motifs is 1. The van der Waals surface area contributed by atoms with Crippen LogP contribution in [0.1, 0.15) is 24.2 Å². The standard InChI is InChI=1S/C25H27FN2O2/c1-25(24(29)16-27-2,19-11-8-12-20(26)15-19)28-17-23(18-9-4-3-5-10-18)30-22-14-7-6-13-21(22)28/h3-15,23-24,27,29H,16-17H2,1-2H3/t23-,24+,25?/m0/s1. The maximum absolute atomic E-state index is 14.2. The Morgan fingerprint density at radius 2 is 1.83 bits per heavy atom. The number of nitrogens with zero attached hydrogens (tertiary/aromatic N) is 1. The Morgan fingerprint density at radius 1 is 1.10 bits per heavy atom. The Morgan fingerprint density at radius 3 is 2.57 bits per heavy atom. The van der Waals surface area contributed by atoms with E-state index in [0.29, 0.717) is 18.7 Å². The topological polar surface area (TPSA) is 44.7 Å². The second-order valence-electron chi connectivity index (χ2n) is 7.83. The molecule has 0 radical (unpaired) electrons. The summed E-state index contributed by atoms with van der Waals surface area (Å²) in [6.45, 7) is 2.85. The van der Waals surface area contributed by atoms with Gasteiger partial charge in [-0.1, -0.05) is 54.6 Å². The number of hydrogen-bond acceptors (Lipinski definition) is 4. The van der Waals surface area contributed by atoms with E-state index in [1.54, 1.807) is 13.1 Å². The highest BCUT2D eigenvalue weighted by Crippen LogP contribution is 2.45. The molecule has 0 fully saturated rings. The number of nitrogens with one attached hydrogen (secondary N) is 1. The van der Waals surface area contributed by atoms with Gasteiger partial charge in [-0.2, -0.15) is 0 Å². The summed E-state index contributed by atoms with van der Waals surface area (Å²) in [7, 11) is 1.80. The zero-order valence-corrected chi connectivity index (χ0v) is 17.3. The number of likely N-dealkylation sites (N-methyl/N-ethyl adjacent to an activating group) is 1. The number of para-hydroxylation sites is 2. The van der Waals surface area contributed by atoms with Crippen LogP contribution in [0.15, 0.2) is 78.9 Å². The number of ether oxygens (including phenoxy) is 1. The first-order valence-electron chi connectivity index (χ1n) is 10.2. The highest BCUT2D eigenvalue weighted by atomic mass is 19.1. The number of hydrogen-bond donors (Lipinski definition) is 2. The van der Waals surface area contributed by atoms with Crippen molar-refractivity contribution in [1.82, 2.24) is 5.32 Å². The molecule has 30 heavy (non-hydrogen) atoms. The summed E-state index contributed by atoms with van der Waals surface area (Å²) in [5, 5.41) is 14.3. The van der Waals surface area contributed by atoms with E-state index in [2.05, 4.69) is 10.2 Å². The van der Waals surface area contributed by atoms with Crippen molar-refractivity contribution in [1.29, 1.82) is 0 Å². The number of halogens is 1. The molecule has 3 aromatic rings. The van der Waals surface area contributed by atoms with Crippen LogP contribution in [0.5, 0.6) is 5.75 Å². The Hall–Kier alpha value is -2.89. The summed E-state index contributed by atoms with van der Waals surface area (Å²) < 4.78 is 20.5. The highest BCUT2D eigenvalue weighted by molar-refractivity contribution is 5.63. The average Bonchev–Trinajstić information content (AvgIpc) is 2.78. The first kappa shape index (κ1) is 20.4. The molecule has 0 amide bonds. The zero-order valence-electron chi connectivity index (χ0n) is 17.3. The molecule has 0 bridgehead atoms. The van der Waals surface area contributed by atoms with Gasteiger partial charge < -0.3 is 20.1 Å². The number of rotatable bonds is 6. The van der Waals surface area contributed by atoms with Crippen LogP contribution in [0.4, 0.5) is 10.1 Å². The smallest absolute Gasteiger partial charge is 0.143 e. The minimum atomic E-state index is -0.877. The third-order valence-electron chi connectivity index (χ3n) is 5.96. The molecule has 4 nitrogen and oxygen atoms in total. The lowest BCUT2D eigenvalue weighted by molar-refractivity contribution is 0.0746. The first-order chi connectivity index (χ1) is 14.5. The summed E-state index contributed by atoms with van der Waals surface area (Å²) in [6, 6.07) is 24.4. The van der Waals surface area contributed by atoms with Crippen LogP contribution in [0.25, 0.3) is 0 Å². The van der Waals surface area contributed by atoms with Gasteiger partial charge in [-0.25, -0.2) is 4.39 Å². The van der Waals surface area contributed by atoms with E-state index in [9.17, 15) is 9.50 Å². The first-order valence-corrected chi connectivity index (χ1v) is 10.2. The van der Waals surface area contributed by atoms with E-state index in [-0.39, 0.29) is 11.9 Å². The fraction of sp³-hybridized carbons (Fsp3) is 0.280. The van der Waals surface area contributed by atoms with Gasteiger partial charge in [0.05, 0.1) is 23.9 Å². The predicted octanol–water partition coefficient (Wildman–Crippen LogP) is 4.26. The Bertz CT molecular complexity index is 997. The minimum absolute atomic E-state index is 0.212. The van der Waals surface area contributed by atoms with Crippen LogP contribution < -0.4 is 15.0 Å². The van der Waals surface area contributed by atoms with Gasteiger partial charge >= 0.3 is 0 Å². The number of aliphatic hydroxyl groups is 1. The lowest BCUT2D eigenvalue weighted by Gasteiger charge is -2.50. The van der Waals surface area contributed by atoms with E-state index >= 15 is 0 Å². The SMILES string of the molecule is CNC[C@@H](O)C(C)(c1cccc(F)c1)N1C[C@@H](c2ccccc2)Oc2ccccc21. The molecule has 3 aromatic carbocycles. The predicted molar refractivity (Wildman–Crippen MR) is 117 cm³/mol. The molecule has 1 unspecified atom stereocenters. The van der Waals surface area contributed by atoms with Gasteiger partial charge in [0.25, 0.3) is 0 Å². The fourth-order valence-corrected chi connectivity index (χ4v) is 4.24. The quantitative estimate of drug-likeness (QED) is 0.642. The van der Waals surface area contributed by atoms with Crippen LogP contribution >= 0.6 is 0 Å². The van der Waals surface area contributed by atoms with Crippen molar-refractivity contribution in [2.24, 2.45) is 0 Å². The summed E-state index contributed by atoms with van der Waals surface area (Å²) in [4.78, 5) is 2.15. The highest BCUT2D eigenvalue weighted by Gasteiger charge is 2.44. The summed E-state index contributed by atoms with van der Waals surface area (Å²) in [5.74, 6) is 0.424. The maximum atomic E-state index is 14.2. The maximum Gasteiger partial charge on any atom is 0.143 e. The molecule has 0 aromatic heterocycles. The second kappa shape index (κ2) is 8.46. The van der Waals surface area contributed by atoms with Crippen molar-refractivity contribution in [2.75, 3.05) is 25.0 Å². The third kappa shape index (κ3) is 3.66. The summed E-state index contributed by atoms with van der Waals surface area (Å²) in [5.41, 5.74) is 1.78. The second-order valence-corrected chi connectivity index (χ2v) is 7.83. The Kier molecular flexibility index (Phi) is 5.75. The van der Waals surface area contributed by atoms with Crippen molar-refractivity contribution in [2.45, 2.75) is 24.7 Å². The summed E-state index contributed by atoms with van der Waals surface area (Å²) >= 11 is 0. The van der Waals surface area contributed by atoms with Gasteiger partial charge in [0.15, 0.2) is 0 Å². The molecular formula is C25H27FN2O2. The molecule has 5 heteroatoms. The van der Waals surface area contributed by atoms with Gasteiger partial charge in [-0.05, 0) is 49.4 Å². The van der Waals surface area contributed by atoms with Crippen molar-refractivity contribution in [3.8, 4) is 5.75 Å². The van der Waals surface area contributed by atoms with E-state index < -0.39 is 11.6 Å². The Labute approximate surface area is 176 Å². The van der Waals surface area contributed by atoms with Gasteiger partial charge in [0.2, 0.25) is 0 Å². The van der Waals surface area contributed by atoms with Crippen LogP contribution in [0.3, 0.4) is 0 Å². The van der Waals surface area contributed by atoms with Crippen molar-refractivity contribution in [3.05, 3.63) is 95.8 Å². The zero-order chi connectivity index (χ0) is 21.1. The fourth-order valence-electron chi connectivity index (χ4n) is 4.24. The molecule has 1 heterocycles. The molecule has 0 aliphatic carbocycles. The average molecular weight is 407 g/mol. The van der Waals surface area contributed by atoms with Crippen LogP contribution in [0.2, 0.25) is 0 Å². The van der Waals surface area contributed by atoms with Crippen LogP contribution in [-0.4, -0.2) is 31.3 Å². The number of benzene rings is 3. The number of aliphatic hydroxyl groups excluding tert-OH is 1. The van der Waals surface area contributed by atoms with Gasteiger partial charge in [-0.3, -0.25) is 0 Å². The van der Waals surface area contributed by atoms with Gasteiger partial charge in [0, 0.05) is 6.54 Å². The monoisotopic (exact) mass is 406 g/mol. The number of anilines is 1. The van der Waals surface area contributed by atoms with Crippen molar-refractivity contribution >= 4 is 5.69 Å². The van der Waals surface area contributed by atoms with Crippen molar-refractivity contribution < 1.29 is 14.2 Å². The molecule has 2 N–H and O–H groups in total. The van der Waals surface area contributed by atoms with Gasteiger partial charge in [-0.15, -0.1) is 0 Å². The molecule has 4 rings (SSSR count). The normalized spacial score (nSPS) is 18.8. The third-order valence-corrected chi connectivity index (χ3v) is 5.96. The molecule has 1 aliphatic rings. The van der Waals surface area contributed by atoms with Crippen LogP contribution in [0, 0.1) is 5.82 Å². The van der Waals surface area contributed by atoms with Crippen LogP contribution in [-0.2, 0) is 5.54 Å². The minimum Gasteiger partial charge on any atom is -0.482 e. The summed E-state index contributed by atoms with van der Waals surface area (Å²) in [6.07, 6.45) is -0.998. The molecule has 0 saturated carbocycles.